The van der Waals surface area contributed by atoms with E-state index in [0.717, 1.165) is 35.0 Å². The Kier molecular flexibility index (Phi) is 7.53. The number of anilines is 1. The first-order valence-electron chi connectivity index (χ1n) is 12.5. The van der Waals surface area contributed by atoms with E-state index >= 15 is 0 Å². The summed E-state index contributed by atoms with van der Waals surface area (Å²) in [7, 11) is 0. The normalized spacial score (nSPS) is 11.4. The van der Waals surface area contributed by atoms with E-state index in [4.69, 9.17) is 5.10 Å². The summed E-state index contributed by atoms with van der Waals surface area (Å²) in [6, 6.07) is 25.2. The van der Waals surface area contributed by atoms with Gasteiger partial charge in [-0.25, -0.2) is 4.68 Å². The molecule has 6 heteroatoms. The minimum Gasteiger partial charge on any atom is -0.329 e. The van der Waals surface area contributed by atoms with Gasteiger partial charge in [0.25, 0.3) is 5.91 Å². The molecular weight excluding hydrogens is 448 g/mol. The highest BCUT2D eigenvalue weighted by Gasteiger charge is 2.24. The van der Waals surface area contributed by atoms with Gasteiger partial charge in [0.1, 0.15) is 12.4 Å². The number of hydrogen-bond acceptors (Lipinski definition) is 3. The minimum atomic E-state index is -0.253. The van der Waals surface area contributed by atoms with Crippen LogP contribution in [0.5, 0.6) is 0 Å². The Morgan fingerprint density at radius 3 is 2.36 bits per heavy atom. The van der Waals surface area contributed by atoms with E-state index in [2.05, 4.69) is 33.0 Å². The zero-order valence-electron chi connectivity index (χ0n) is 21.5. The van der Waals surface area contributed by atoms with Crippen molar-refractivity contribution in [1.29, 1.82) is 0 Å². The van der Waals surface area contributed by atoms with Gasteiger partial charge in [-0.1, -0.05) is 88.7 Å². The predicted octanol–water partition coefficient (Wildman–Crippen LogP) is 6.20. The van der Waals surface area contributed by atoms with Crippen LogP contribution in [-0.4, -0.2) is 39.6 Å². The van der Waals surface area contributed by atoms with Gasteiger partial charge in [-0.15, -0.1) is 0 Å². The van der Waals surface area contributed by atoms with Crippen molar-refractivity contribution < 1.29 is 9.59 Å². The Hall–Kier alpha value is -3.93. The van der Waals surface area contributed by atoms with Gasteiger partial charge in [0.2, 0.25) is 5.91 Å². The van der Waals surface area contributed by atoms with E-state index < -0.39 is 0 Å². The third-order valence-corrected chi connectivity index (χ3v) is 6.17. The number of fused-ring (bicyclic) bond motifs is 1. The Bertz CT molecular complexity index is 1350. The molecule has 1 N–H and O–H groups in total. The highest BCUT2D eigenvalue weighted by atomic mass is 16.2. The van der Waals surface area contributed by atoms with Crippen LogP contribution < -0.4 is 5.32 Å². The van der Waals surface area contributed by atoms with Crippen molar-refractivity contribution in [3.8, 4) is 5.69 Å². The molecular formula is C30H34N4O2. The maximum atomic E-state index is 13.6. The fourth-order valence-electron chi connectivity index (χ4n) is 4.14. The fraction of sp³-hybridized carbons (Fsp3) is 0.300. The van der Waals surface area contributed by atoms with Crippen LogP contribution >= 0.6 is 0 Å². The molecule has 0 aliphatic carbocycles. The second kappa shape index (κ2) is 10.8. The van der Waals surface area contributed by atoms with Crippen LogP contribution in [0.3, 0.4) is 0 Å². The van der Waals surface area contributed by atoms with Gasteiger partial charge in [-0.2, -0.15) is 5.10 Å². The third-order valence-electron chi connectivity index (χ3n) is 6.17. The number of nitrogens with one attached hydrogen (secondary N) is 1. The van der Waals surface area contributed by atoms with Crippen LogP contribution in [0.2, 0.25) is 0 Å². The first kappa shape index (κ1) is 25.2. The molecule has 0 unspecified atom stereocenters. The van der Waals surface area contributed by atoms with Crippen LogP contribution in [0.1, 0.15) is 56.6 Å². The second-order valence-corrected chi connectivity index (χ2v) is 10.1. The standard InChI is InChI=1S/C30H34N4O2/c1-5-6-19-33(29(36)25-18-12-14-22-13-10-11-17-24(22)25)21-28(35)31-27-20-26(30(2,3)4)32-34(27)23-15-8-7-9-16-23/h7-18,20H,5-6,19,21H2,1-4H3,(H,31,35). The summed E-state index contributed by atoms with van der Waals surface area (Å²) in [5.41, 5.74) is 2.16. The molecule has 3 aromatic carbocycles. The predicted molar refractivity (Wildman–Crippen MR) is 146 cm³/mol. The summed E-state index contributed by atoms with van der Waals surface area (Å²) in [4.78, 5) is 28.5. The van der Waals surface area contributed by atoms with Crippen LogP contribution in [0, 0.1) is 0 Å². The average molecular weight is 483 g/mol. The van der Waals surface area contributed by atoms with Gasteiger partial charge in [-0.3, -0.25) is 9.59 Å². The highest BCUT2D eigenvalue weighted by Crippen LogP contribution is 2.26. The van der Waals surface area contributed by atoms with Crippen LogP contribution in [-0.2, 0) is 10.2 Å². The average Bonchev–Trinajstić information content (AvgIpc) is 3.30. The quantitative estimate of drug-likeness (QED) is 0.325. The van der Waals surface area contributed by atoms with Crippen LogP contribution in [0.25, 0.3) is 16.5 Å². The molecule has 4 aromatic rings. The van der Waals surface area contributed by atoms with Crippen molar-refractivity contribution >= 4 is 28.4 Å². The molecule has 0 fully saturated rings. The number of unbranched alkanes of at least 4 members (excludes halogenated alkanes) is 1. The van der Waals surface area contributed by atoms with E-state index in [1.165, 1.54) is 0 Å². The summed E-state index contributed by atoms with van der Waals surface area (Å²) in [5.74, 6) is 0.198. The molecule has 0 aliphatic heterocycles. The van der Waals surface area contributed by atoms with Crippen molar-refractivity contribution in [1.82, 2.24) is 14.7 Å². The van der Waals surface area contributed by atoms with E-state index in [1.54, 1.807) is 9.58 Å². The number of aromatic nitrogens is 2. The molecule has 36 heavy (non-hydrogen) atoms. The van der Waals surface area contributed by atoms with E-state index in [1.807, 2.05) is 78.9 Å². The summed E-state index contributed by atoms with van der Waals surface area (Å²) >= 11 is 0. The zero-order chi connectivity index (χ0) is 25.7. The van der Waals surface area contributed by atoms with Gasteiger partial charge in [0.15, 0.2) is 0 Å². The zero-order valence-corrected chi connectivity index (χ0v) is 21.5. The van der Waals surface area contributed by atoms with Crippen LogP contribution in [0.4, 0.5) is 5.82 Å². The maximum absolute atomic E-state index is 13.6. The lowest BCUT2D eigenvalue weighted by atomic mass is 9.92. The van der Waals surface area contributed by atoms with Gasteiger partial charge in [0.05, 0.1) is 11.4 Å². The topological polar surface area (TPSA) is 67.2 Å². The summed E-state index contributed by atoms with van der Waals surface area (Å²) in [6.07, 6.45) is 1.75. The number of hydrogen-bond donors (Lipinski definition) is 1. The lowest BCUT2D eigenvalue weighted by Gasteiger charge is -2.23. The van der Waals surface area contributed by atoms with Crippen molar-refractivity contribution in [3.63, 3.8) is 0 Å². The molecule has 186 valence electrons. The fourth-order valence-corrected chi connectivity index (χ4v) is 4.14. The van der Waals surface area contributed by atoms with Gasteiger partial charge in [0, 0.05) is 23.6 Å². The first-order chi connectivity index (χ1) is 17.3. The minimum absolute atomic E-state index is 0.0348. The maximum Gasteiger partial charge on any atom is 0.254 e. The summed E-state index contributed by atoms with van der Waals surface area (Å²) < 4.78 is 1.75. The summed E-state index contributed by atoms with van der Waals surface area (Å²) in [5, 5.41) is 9.69. The first-order valence-corrected chi connectivity index (χ1v) is 12.5. The Labute approximate surface area is 212 Å². The number of amides is 2. The Morgan fingerprint density at radius 2 is 1.64 bits per heavy atom. The molecule has 0 radical (unpaired) electrons. The van der Waals surface area contributed by atoms with Crippen molar-refractivity contribution in [2.75, 3.05) is 18.4 Å². The number of nitrogens with zero attached hydrogens (tertiary/aromatic N) is 3. The molecule has 6 nitrogen and oxygen atoms in total. The smallest absolute Gasteiger partial charge is 0.254 e. The van der Waals surface area contributed by atoms with E-state index in [0.29, 0.717) is 17.9 Å². The molecule has 0 atom stereocenters. The van der Waals surface area contributed by atoms with Gasteiger partial charge in [-0.05, 0) is 35.4 Å². The van der Waals surface area contributed by atoms with Crippen molar-refractivity contribution in [2.45, 2.75) is 46.0 Å². The molecule has 0 aliphatic rings. The highest BCUT2D eigenvalue weighted by molar-refractivity contribution is 6.08. The number of rotatable bonds is 8. The SMILES string of the molecule is CCCCN(CC(=O)Nc1cc(C(C)(C)C)nn1-c1ccccc1)C(=O)c1cccc2ccccc12. The van der Waals surface area contributed by atoms with E-state index in [-0.39, 0.29) is 23.8 Å². The molecule has 0 spiro atoms. The van der Waals surface area contributed by atoms with Crippen molar-refractivity contribution in [3.05, 3.63) is 90.1 Å². The van der Waals surface area contributed by atoms with Crippen LogP contribution in [0.15, 0.2) is 78.9 Å². The monoisotopic (exact) mass is 482 g/mol. The molecule has 2 amide bonds. The molecule has 1 aromatic heterocycles. The number of para-hydroxylation sites is 1. The van der Waals surface area contributed by atoms with Crippen molar-refractivity contribution in [2.24, 2.45) is 0 Å². The van der Waals surface area contributed by atoms with E-state index in [9.17, 15) is 9.59 Å². The Morgan fingerprint density at radius 1 is 0.944 bits per heavy atom. The number of benzene rings is 3. The Balaban J connectivity index is 1.60. The van der Waals surface area contributed by atoms with Gasteiger partial charge < -0.3 is 10.2 Å². The molecule has 0 saturated carbocycles. The summed E-state index contributed by atoms with van der Waals surface area (Å²) in [6.45, 7) is 8.82. The second-order valence-electron chi connectivity index (χ2n) is 10.1. The molecule has 0 bridgehead atoms. The molecule has 0 saturated heterocycles. The third kappa shape index (κ3) is 5.65. The molecule has 4 rings (SSSR count). The number of carbonyl (C=O) groups excluding carboxylic acids is 2. The lowest BCUT2D eigenvalue weighted by Crippen LogP contribution is -2.39. The van der Waals surface area contributed by atoms with Gasteiger partial charge >= 0.3 is 0 Å². The largest absolute Gasteiger partial charge is 0.329 e. The number of carbonyl (C=O) groups is 2. The molecule has 1 heterocycles. The lowest BCUT2D eigenvalue weighted by molar-refractivity contribution is -0.116.